The summed E-state index contributed by atoms with van der Waals surface area (Å²) in [6.45, 7) is 0. The second-order valence-electron chi connectivity index (χ2n) is 14.4. The third-order valence-electron chi connectivity index (χ3n) is 11.1. The van der Waals surface area contributed by atoms with Crippen molar-refractivity contribution < 1.29 is 8.83 Å². The molecule has 0 bridgehead atoms. The molecule has 0 radical (unpaired) electrons. The number of aromatic nitrogens is 4. The Bertz CT molecular complexity index is 3410. The van der Waals surface area contributed by atoms with Gasteiger partial charge in [-0.05, 0) is 65.7 Å². The number of hydrogen-bond donors (Lipinski definition) is 0. The lowest BCUT2D eigenvalue weighted by molar-refractivity contribution is 0.668. The van der Waals surface area contributed by atoms with Crippen molar-refractivity contribution in [3.05, 3.63) is 182 Å². The van der Waals surface area contributed by atoms with Gasteiger partial charge in [0.1, 0.15) is 22.3 Å². The molecule has 0 saturated carbocycles. The van der Waals surface area contributed by atoms with Crippen molar-refractivity contribution in [3.8, 4) is 51.0 Å². The lowest BCUT2D eigenvalue weighted by Crippen LogP contribution is -2.00. The molecular weight excluding hydrogens is 701 g/mol. The molecule has 8 aromatic carbocycles. The molecule has 12 rings (SSSR count). The lowest BCUT2D eigenvalue weighted by atomic mass is 10.00. The minimum Gasteiger partial charge on any atom is -0.456 e. The summed E-state index contributed by atoms with van der Waals surface area (Å²) in [6.07, 6.45) is 0. The Kier molecular flexibility index (Phi) is 6.83. The third kappa shape index (κ3) is 5.01. The van der Waals surface area contributed by atoms with Crippen LogP contribution in [0.5, 0.6) is 0 Å². The van der Waals surface area contributed by atoms with Crippen molar-refractivity contribution in [2.24, 2.45) is 0 Å². The maximum atomic E-state index is 6.57. The monoisotopic (exact) mass is 730 g/mol. The molecule has 0 aliphatic rings. The van der Waals surface area contributed by atoms with Crippen LogP contribution in [0.15, 0.2) is 191 Å². The Morgan fingerprint density at radius 1 is 0.333 bits per heavy atom. The van der Waals surface area contributed by atoms with Crippen molar-refractivity contribution in [3.63, 3.8) is 0 Å². The van der Waals surface area contributed by atoms with Gasteiger partial charge in [0.05, 0.1) is 11.0 Å². The molecule has 12 aromatic rings. The van der Waals surface area contributed by atoms with Gasteiger partial charge in [0.2, 0.25) is 0 Å². The summed E-state index contributed by atoms with van der Waals surface area (Å²) in [5.41, 5.74) is 11.6. The van der Waals surface area contributed by atoms with Crippen LogP contribution < -0.4 is 0 Å². The highest BCUT2D eigenvalue weighted by molar-refractivity contribution is 6.13. The fraction of sp³-hybridized carbons (Fsp3) is 0. The number of para-hydroxylation sites is 2. The zero-order chi connectivity index (χ0) is 37.5. The molecule has 266 valence electrons. The molecular formula is C51H30N4O2. The largest absolute Gasteiger partial charge is 0.456 e. The van der Waals surface area contributed by atoms with E-state index in [0.717, 1.165) is 77.4 Å². The second kappa shape index (κ2) is 12.3. The van der Waals surface area contributed by atoms with E-state index in [2.05, 4.69) is 114 Å². The van der Waals surface area contributed by atoms with Crippen LogP contribution in [-0.4, -0.2) is 19.5 Å². The van der Waals surface area contributed by atoms with E-state index in [0.29, 0.717) is 17.5 Å². The first-order valence-corrected chi connectivity index (χ1v) is 19.0. The summed E-state index contributed by atoms with van der Waals surface area (Å²) >= 11 is 0. The van der Waals surface area contributed by atoms with Crippen LogP contribution in [0, 0.1) is 0 Å². The van der Waals surface area contributed by atoms with Crippen LogP contribution in [0.4, 0.5) is 0 Å². The number of nitrogens with zero attached hydrogens (tertiary/aromatic N) is 4. The van der Waals surface area contributed by atoms with E-state index in [1.807, 2.05) is 72.8 Å². The number of furan rings is 2. The zero-order valence-electron chi connectivity index (χ0n) is 30.4. The first-order chi connectivity index (χ1) is 28.2. The average molecular weight is 731 g/mol. The Labute approximate surface area is 325 Å². The first kappa shape index (κ1) is 31.5. The van der Waals surface area contributed by atoms with Crippen LogP contribution in [0.25, 0.3) is 117 Å². The van der Waals surface area contributed by atoms with Gasteiger partial charge in [-0.1, -0.05) is 121 Å². The highest BCUT2D eigenvalue weighted by atomic mass is 16.3. The standard InChI is InChI=1S/C51H30N4O2/c1-3-12-31(13-4-1)49-52-50(32-14-5-2-6-15-32)54-51(53-49)40-18-11-21-45-48(40)39-25-22-34(29-46(39)57-45)33-23-27-44-41(28-33)38-26-24-35(30-47(38)56-44)55-42-19-9-7-16-36(42)37-17-8-10-20-43(37)55/h1-30H. The molecule has 0 fully saturated rings. The topological polar surface area (TPSA) is 69.9 Å². The molecule has 0 unspecified atom stereocenters. The van der Waals surface area contributed by atoms with Crippen molar-refractivity contribution in [1.82, 2.24) is 19.5 Å². The van der Waals surface area contributed by atoms with Crippen LogP contribution >= 0.6 is 0 Å². The number of hydrogen-bond acceptors (Lipinski definition) is 5. The highest BCUT2D eigenvalue weighted by Gasteiger charge is 2.19. The van der Waals surface area contributed by atoms with Crippen LogP contribution in [0.1, 0.15) is 0 Å². The fourth-order valence-corrected chi connectivity index (χ4v) is 8.41. The Morgan fingerprint density at radius 3 is 1.63 bits per heavy atom. The second-order valence-corrected chi connectivity index (χ2v) is 14.4. The average Bonchev–Trinajstić information content (AvgIpc) is 3.95. The van der Waals surface area contributed by atoms with Crippen LogP contribution in [-0.2, 0) is 0 Å². The van der Waals surface area contributed by atoms with Crippen molar-refractivity contribution in [2.75, 3.05) is 0 Å². The van der Waals surface area contributed by atoms with Crippen molar-refractivity contribution >= 4 is 65.7 Å². The third-order valence-corrected chi connectivity index (χ3v) is 11.1. The van der Waals surface area contributed by atoms with Gasteiger partial charge in [-0.15, -0.1) is 0 Å². The van der Waals surface area contributed by atoms with Gasteiger partial charge in [-0.2, -0.15) is 0 Å². The molecule has 0 N–H and O–H groups in total. The van der Waals surface area contributed by atoms with E-state index in [1.165, 1.54) is 21.8 Å². The number of fused-ring (bicyclic) bond motifs is 9. The predicted molar refractivity (Wildman–Crippen MR) is 230 cm³/mol. The number of benzene rings is 8. The van der Waals surface area contributed by atoms with Gasteiger partial charge in [-0.25, -0.2) is 15.0 Å². The smallest absolute Gasteiger partial charge is 0.164 e. The molecule has 4 aromatic heterocycles. The van der Waals surface area contributed by atoms with E-state index in [9.17, 15) is 0 Å². The van der Waals surface area contributed by atoms with E-state index < -0.39 is 0 Å². The molecule has 4 heterocycles. The molecule has 0 saturated heterocycles. The summed E-state index contributed by atoms with van der Waals surface area (Å²) in [5.74, 6) is 1.84. The normalized spacial score (nSPS) is 11.9. The van der Waals surface area contributed by atoms with Crippen LogP contribution in [0.3, 0.4) is 0 Å². The SMILES string of the molecule is c1ccc(-c2nc(-c3ccccc3)nc(-c3cccc4oc5cc(-c6ccc7oc8cc(-n9c%10ccccc%10c%10ccccc%109)ccc8c7c6)ccc5c34)n2)cc1. The summed E-state index contributed by atoms with van der Waals surface area (Å²) < 4.78 is 15.4. The zero-order valence-corrected chi connectivity index (χ0v) is 30.4. The summed E-state index contributed by atoms with van der Waals surface area (Å²) in [4.78, 5) is 14.9. The van der Waals surface area contributed by atoms with Gasteiger partial charge < -0.3 is 13.4 Å². The van der Waals surface area contributed by atoms with E-state index in [-0.39, 0.29) is 0 Å². The van der Waals surface area contributed by atoms with Crippen molar-refractivity contribution in [1.29, 1.82) is 0 Å². The Hall–Kier alpha value is -7.83. The summed E-state index contributed by atoms with van der Waals surface area (Å²) in [7, 11) is 0. The molecule has 6 nitrogen and oxygen atoms in total. The number of rotatable bonds is 5. The minimum absolute atomic E-state index is 0.596. The van der Waals surface area contributed by atoms with Crippen molar-refractivity contribution in [2.45, 2.75) is 0 Å². The Morgan fingerprint density at radius 2 is 0.912 bits per heavy atom. The van der Waals surface area contributed by atoms with E-state index in [4.69, 9.17) is 23.8 Å². The van der Waals surface area contributed by atoms with E-state index >= 15 is 0 Å². The molecule has 0 amide bonds. The van der Waals surface area contributed by atoms with Crippen LogP contribution in [0.2, 0.25) is 0 Å². The van der Waals surface area contributed by atoms with Gasteiger partial charge in [0.25, 0.3) is 0 Å². The molecule has 0 aliphatic heterocycles. The maximum Gasteiger partial charge on any atom is 0.164 e. The maximum absolute atomic E-state index is 6.57. The molecule has 0 aliphatic carbocycles. The van der Waals surface area contributed by atoms with Gasteiger partial charge >= 0.3 is 0 Å². The fourth-order valence-electron chi connectivity index (χ4n) is 8.41. The highest BCUT2D eigenvalue weighted by Crippen LogP contribution is 2.40. The van der Waals surface area contributed by atoms with Gasteiger partial charge in [0.15, 0.2) is 17.5 Å². The molecule has 0 spiro atoms. The summed E-state index contributed by atoms with van der Waals surface area (Å²) in [5, 5.41) is 6.59. The molecule has 6 heteroatoms. The molecule has 57 heavy (non-hydrogen) atoms. The predicted octanol–water partition coefficient (Wildman–Crippen LogP) is 13.4. The Balaban J connectivity index is 0.957. The quantitative estimate of drug-likeness (QED) is 0.176. The van der Waals surface area contributed by atoms with Gasteiger partial charge in [-0.3, -0.25) is 0 Å². The molecule has 0 atom stereocenters. The van der Waals surface area contributed by atoms with Gasteiger partial charge in [0, 0.05) is 60.8 Å². The summed E-state index contributed by atoms with van der Waals surface area (Å²) in [6, 6.07) is 62.7. The first-order valence-electron chi connectivity index (χ1n) is 19.0. The minimum atomic E-state index is 0.596. The lowest BCUT2D eigenvalue weighted by Gasteiger charge is -2.09. The van der Waals surface area contributed by atoms with E-state index in [1.54, 1.807) is 0 Å².